The highest BCUT2D eigenvalue weighted by molar-refractivity contribution is 8.00. The predicted molar refractivity (Wildman–Crippen MR) is 113 cm³/mol. The topological polar surface area (TPSA) is 58.1 Å². The number of nitrogens with zero attached hydrogens (tertiary/aromatic N) is 3. The van der Waals surface area contributed by atoms with Gasteiger partial charge in [-0.25, -0.2) is 9.97 Å². The summed E-state index contributed by atoms with van der Waals surface area (Å²) in [5, 5.41) is 5.01. The van der Waals surface area contributed by atoms with E-state index in [2.05, 4.69) is 46.2 Å². The number of carbonyl (C=O) groups excluding carboxylic acids is 1. The molecule has 0 saturated heterocycles. The number of aryl methyl sites for hydroxylation is 2. The zero-order valence-electron chi connectivity index (χ0n) is 16.0. The van der Waals surface area contributed by atoms with Crippen LogP contribution in [0.3, 0.4) is 0 Å². The van der Waals surface area contributed by atoms with Crippen LogP contribution in [0.5, 0.6) is 0 Å². The summed E-state index contributed by atoms with van der Waals surface area (Å²) in [6.45, 7) is 4.75. The monoisotopic (exact) mass is 400 g/mol. The third-order valence-electron chi connectivity index (χ3n) is 4.57. The molecule has 0 saturated carbocycles. The molecule has 0 radical (unpaired) electrons. The number of thioether (sulfide) groups is 1. The van der Waals surface area contributed by atoms with Gasteiger partial charge in [0.25, 0.3) is 0 Å². The molecule has 1 aromatic carbocycles. The number of amides is 1. The fraction of sp³-hybridized carbons (Fsp3) is 0.350. The molecule has 1 atom stereocenters. The first-order chi connectivity index (χ1) is 13.0. The first-order valence-corrected chi connectivity index (χ1v) is 10.6. The van der Waals surface area contributed by atoms with Gasteiger partial charge in [-0.3, -0.25) is 4.79 Å². The molecular formula is C20H24N4OS2. The van der Waals surface area contributed by atoms with Crippen molar-refractivity contribution >= 4 is 39.2 Å². The van der Waals surface area contributed by atoms with Crippen LogP contribution in [0.15, 0.2) is 41.7 Å². The zero-order valence-corrected chi connectivity index (χ0v) is 17.7. The number of rotatable bonds is 7. The van der Waals surface area contributed by atoms with Crippen LogP contribution in [0.1, 0.15) is 22.0 Å². The Morgan fingerprint density at radius 3 is 2.67 bits per heavy atom. The van der Waals surface area contributed by atoms with Crippen molar-refractivity contribution < 1.29 is 4.79 Å². The molecule has 0 bridgehead atoms. The molecule has 2 heterocycles. The van der Waals surface area contributed by atoms with Crippen molar-refractivity contribution in [1.82, 2.24) is 20.2 Å². The number of hydrogen-bond acceptors (Lipinski definition) is 6. The van der Waals surface area contributed by atoms with E-state index in [1.807, 2.05) is 32.3 Å². The molecule has 0 fully saturated rings. The number of carbonyl (C=O) groups is 1. The van der Waals surface area contributed by atoms with E-state index in [0.29, 0.717) is 12.3 Å². The Morgan fingerprint density at radius 2 is 1.96 bits per heavy atom. The van der Waals surface area contributed by atoms with Gasteiger partial charge in [-0.05, 0) is 39.1 Å². The lowest BCUT2D eigenvalue weighted by Crippen LogP contribution is -2.35. The summed E-state index contributed by atoms with van der Waals surface area (Å²) in [7, 11) is 4.05. The van der Waals surface area contributed by atoms with E-state index in [9.17, 15) is 4.79 Å². The molecule has 27 heavy (non-hydrogen) atoms. The highest BCUT2D eigenvalue weighted by Gasteiger charge is 2.16. The van der Waals surface area contributed by atoms with Crippen molar-refractivity contribution in [3.63, 3.8) is 0 Å². The minimum Gasteiger partial charge on any atom is -0.353 e. The number of likely N-dealkylation sites (N-methyl/N-ethyl adjacent to an activating group) is 1. The zero-order chi connectivity index (χ0) is 19.4. The molecule has 0 aliphatic rings. The smallest absolute Gasteiger partial charge is 0.230 e. The maximum atomic E-state index is 12.4. The summed E-state index contributed by atoms with van der Waals surface area (Å²) < 4.78 is 0. The highest BCUT2D eigenvalue weighted by atomic mass is 32.2. The van der Waals surface area contributed by atoms with Gasteiger partial charge < -0.3 is 10.2 Å². The highest BCUT2D eigenvalue weighted by Crippen LogP contribution is 2.34. The van der Waals surface area contributed by atoms with Gasteiger partial charge >= 0.3 is 0 Å². The van der Waals surface area contributed by atoms with Crippen molar-refractivity contribution in [3.8, 4) is 0 Å². The number of hydrogen-bond donors (Lipinski definition) is 1. The van der Waals surface area contributed by atoms with Crippen LogP contribution in [0.4, 0.5) is 0 Å². The van der Waals surface area contributed by atoms with Crippen LogP contribution in [0, 0.1) is 13.8 Å². The molecule has 3 aromatic rings. The SMILES string of the molecule is Cc1sc2ncnc(SCC(=O)NC[C@H](c3ccccc3)N(C)C)c2c1C. The van der Waals surface area contributed by atoms with Crippen molar-refractivity contribution in [2.45, 2.75) is 24.9 Å². The minimum absolute atomic E-state index is 0.0131. The van der Waals surface area contributed by atoms with Crippen molar-refractivity contribution in [3.05, 3.63) is 52.7 Å². The number of benzene rings is 1. The van der Waals surface area contributed by atoms with Crippen LogP contribution in [0.25, 0.3) is 10.2 Å². The molecule has 1 amide bonds. The normalized spacial score (nSPS) is 12.5. The molecule has 2 aromatic heterocycles. The molecule has 5 nitrogen and oxygen atoms in total. The Kier molecular flexibility index (Phi) is 6.46. The lowest BCUT2D eigenvalue weighted by Gasteiger charge is -2.25. The molecular weight excluding hydrogens is 376 g/mol. The molecule has 3 rings (SSSR count). The molecule has 0 aliphatic heterocycles. The maximum absolute atomic E-state index is 12.4. The first-order valence-electron chi connectivity index (χ1n) is 8.79. The summed E-state index contributed by atoms with van der Waals surface area (Å²) >= 11 is 3.14. The number of aromatic nitrogens is 2. The first kappa shape index (κ1) is 19.8. The van der Waals surface area contributed by atoms with E-state index in [1.54, 1.807) is 17.7 Å². The number of nitrogens with one attached hydrogen (secondary N) is 1. The van der Waals surface area contributed by atoms with Gasteiger partial charge in [0, 0.05) is 16.8 Å². The number of thiophene rings is 1. The van der Waals surface area contributed by atoms with Gasteiger partial charge in [-0.15, -0.1) is 11.3 Å². The molecule has 1 N–H and O–H groups in total. The molecule has 142 valence electrons. The Labute approximate surface area is 168 Å². The van der Waals surface area contributed by atoms with E-state index in [0.717, 1.165) is 15.2 Å². The molecule has 0 aliphatic carbocycles. The third kappa shape index (κ3) is 4.66. The minimum atomic E-state index is 0.0131. The van der Waals surface area contributed by atoms with Crippen LogP contribution < -0.4 is 5.32 Å². The average Bonchev–Trinajstić information content (AvgIpc) is 2.95. The van der Waals surface area contributed by atoms with E-state index < -0.39 is 0 Å². The lowest BCUT2D eigenvalue weighted by molar-refractivity contribution is -0.118. The molecule has 0 unspecified atom stereocenters. The summed E-state index contributed by atoms with van der Waals surface area (Å²) in [4.78, 5) is 25.5. The van der Waals surface area contributed by atoms with Crippen LogP contribution in [-0.4, -0.2) is 47.2 Å². The van der Waals surface area contributed by atoms with Gasteiger partial charge in [0.1, 0.15) is 16.2 Å². The van der Waals surface area contributed by atoms with Gasteiger partial charge in [-0.1, -0.05) is 42.1 Å². The van der Waals surface area contributed by atoms with Crippen molar-refractivity contribution in [1.29, 1.82) is 0 Å². The van der Waals surface area contributed by atoms with Gasteiger partial charge in [-0.2, -0.15) is 0 Å². The number of fused-ring (bicyclic) bond motifs is 1. The second-order valence-electron chi connectivity index (χ2n) is 6.63. The van der Waals surface area contributed by atoms with Gasteiger partial charge in [0.15, 0.2) is 0 Å². The van der Waals surface area contributed by atoms with Crippen LogP contribution in [0.2, 0.25) is 0 Å². The van der Waals surface area contributed by atoms with E-state index in [4.69, 9.17) is 0 Å². The average molecular weight is 401 g/mol. The lowest BCUT2D eigenvalue weighted by atomic mass is 10.1. The summed E-state index contributed by atoms with van der Waals surface area (Å²) in [6, 6.07) is 10.4. The quantitative estimate of drug-likeness (QED) is 0.483. The van der Waals surface area contributed by atoms with Crippen LogP contribution in [-0.2, 0) is 4.79 Å². The second kappa shape index (κ2) is 8.82. The Balaban J connectivity index is 1.62. The standard InChI is InChI=1S/C20H24N4OS2/c1-13-14(2)27-20-18(13)19(22-12-23-20)26-11-17(25)21-10-16(24(3)4)15-8-6-5-7-9-15/h5-9,12,16H,10-11H2,1-4H3,(H,21,25)/t16-/m1/s1. The van der Waals surface area contributed by atoms with Crippen LogP contribution >= 0.6 is 23.1 Å². The Hall–Kier alpha value is -1.96. The third-order valence-corrected chi connectivity index (χ3v) is 6.68. The fourth-order valence-electron chi connectivity index (χ4n) is 2.93. The summed E-state index contributed by atoms with van der Waals surface area (Å²) in [5.74, 6) is 0.356. The summed E-state index contributed by atoms with van der Waals surface area (Å²) in [5.41, 5.74) is 2.40. The molecule has 0 spiro atoms. The Morgan fingerprint density at radius 1 is 1.22 bits per heavy atom. The van der Waals surface area contributed by atoms with E-state index >= 15 is 0 Å². The summed E-state index contributed by atoms with van der Waals surface area (Å²) in [6.07, 6.45) is 1.58. The second-order valence-corrected chi connectivity index (χ2v) is 8.79. The predicted octanol–water partition coefficient (Wildman–Crippen LogP) is 3.82. The largest absolute Gasteiger partial charge is 0.353 e. The van der Waals surface area contributed by atoms with Gasteiger partial charge in [0.2, 0.25) is 5.91 Å². The molecule has 7 heteroatoms. The van der Waals surface area contributed by atoms with Crippen molar-refractivity contribution in [2.24, 2.45) is 0 Å². The fourth-order valence-corrected chi connectivity index (χ4v) is 4.88. The van der Waals surface area contributed by atoms with E-state index in [-0.39, 0.29) is 11.9 Å². The Bertz CT molecular complexity index is 924. The van der Waals surface area contributed by atoms with E-state index in [1.165, 1.54) is 27.8 Å². The van der Waals surface area contributed by atoms with Crippen molar-refractivity contribution in [2.75, 3.05) is 26.4 Å². The maximum Gasteiger partial charge on any atom is 0.230 e. The van der Waals surface area contributed by atoms with Gasteiger partial charge in [0.05, 0.1) is 11.8 Å².